The second kappa shape index (κ2) is 7.71. The molecule has 2 aliphatic rings. The van der Waals surface area contributed by atoms with Crippen LogP contribution in [0.25, 0.3) is 5.52 Å². The SMILES string of the molecule is CC1CCN(C(=O)c2nc(C(=O)N3CCCCCC3)n3ccccc23)CC1. The Morgan fingerprint density at radius 2 is 1.59 bits per heavy atom. The lowest BCUT2D eigenvalue weighted by Crippen LogP contribution is -2.38. The van der Waals surface area contributed by atoms with E-state index in [1.54, 1.807) is 4.40 Å². The second-order valence-electron chi connectivity index (χ2n) is 7.92. The summed E-state index contributed by atoms with van der Waals surface area (Å²) in [6.45, 7) is 5.30. The first-order valence-corrected chi connectivity index (χ1v) is 10.2. The molecule has 0 bridgehead atoms. The van der Waals surface area contributed by atoms with E-state index in [0.29, 0.717) is 17.4 Å². The molecule has 2 saturated heterocycles. The molecule has 2 fully saturated rings. The Hall–Kier alpha value is -2.37. The van der Waals surface area contributed by atoms with Crippen molar-refractivity contribution >= 4 is 17.3 Å². The molecule has 4 heterocycles. The van der Waals surface area contributed by atoms with Crippen LogP contribution >= 0.6 is 0 Å². The minimum Gasteiger partial charge on any atom is -0.337 e. The van der Waals surface area contributed by atoms with Crippen molar-refractivity contribution in [1.29, 1.82) is 0 Å². The molecule has 0 saturated carbocycles. The highest BCUT2D eigenvalue weighted by molar-refractivity contribution is 6.02. The van der Waals surface area contributed by atoms with Gasteiger partial charge >= 0.3 is 0 Å². The number of carbonyl (C=O) groups is 2. The monoisotopic (exact) mass is 368 g/mol. The van der Waals surface area contributed by atoms with Crippen LogP contribution in [0.15, 0.2) is 24.4 Å². The number of rotatable bonds is 2. The van der Waals surface area contributed by atoms with Gasteiger partial charge in [-0.25, -0.2) is 4.98 Å². The van der Waals surface area contributed by atoms with Crippen LogP contribution in [0.5, 0.6) is 0 Å². The molecule has 27 heavy (non-hydrogen) atoms. The molecule has 0 N–H and O–H groups in total. The fraction of sp³-hybridized carbons (Fsp3) is 0.571. The number of hydrogen-bond donors (Lipinski definition) is 0. The summed E-state index contributed by atoms with van der Waals surface area (Å²) in [5, 5.41) is 0. The molecule has 0 aliphatic carbocycles. The lowest BCUT2D eigenvalue weighted by molar-refractivity contribution is 0.0693. The molecule has 0 spiro atoms. The third-order valence-electron chi connectivity index (χ3n) is 5.91. The zero-order chi connectivity index (χ0) is 18.8. The Morgan fingerprint density at radius 3 is 2.30 bits per heavy atom. The van der Waals surface area contributed by atoms with Crippen LogP contribution in [-0.4, -0.2) is 57.2 Å². The highest BCUT2D eigenvalue weighted by Crippen LogP contribution is 2.22. The lowest BCUT2D eigenvalue weighted by atomic mass is 9.99. The Balaban J connectivity index is 1.66. The highest BCUT2D eigenvalue weighted by Gasteiger charge is 2.29. The van der Waals surface area contributed by atoms with Crippen molar-refractivity contribution in [3.05, 3.63) is 35.9 Å². The van der Waals surface area contributed by atoms with E-state index in [-0.39, 0.29) is 11.8 Å². The summed E-state index contributed by atoms with van der Waals surface area (Å²) in [5.41, 5.74) is 1.13. The Labute approximate surface area is 160 Å². The predicted molar refractivity (Wildman–Crippen MR) is 104 cm³/mol. The quantitative estimate of drug-likeness (QED) is 0.818. The summed E-state index contributed by atoms with van der Waals surface area (Å²) >= 11 is 0. The van der Waals surface area contributed by atoms with Crippen LogP contribution in [-0.2, 0) is 0 Å². The average molecular weight is 368 g/mol. The fourth-order valence-electron chi connectivity index (χ4n) is 4.12. The predicted octanol–water partition coefficient (Wildman–Crippen LogP) is 3.22. The van der Waals surface area contributed by atoms with E-state index in [9.17, 15) is 9.59 Å². The largest absolute Gasteiger partial charge is 0.337 e. The molecule has 0 atom stereocenters. The molecular weight excluding hydrogens is 340 g/mol. The van der Waals surface area contributed by atoms with Crippen molar-refractivity contribution in [2.75, 3.05) is 26.2 Å². The molecule has 0 aromatic carbocycles. The average Bonchev–Trinajstić information content (AvgIpc) is 2.87. The Bertz CT molecular complexity index is 828. The standard InChI is InChI=1S/C21H28N4O2/c1-16-9-14-24(15-10-16)20(26)18-17-8-4-7-13-25(17)19(22-18)21(27)23-11-5-2-3-6-12-23/h4,7-8,13,16H,2-3,5-6,9-12,14-15H2,1H3. The first-order chi connectivity index (χ1) is 13.1. The topological polar surface area (TPSA) is 57.9 Å². The van der Waals surface area contributed by atoms with E-state index in [1.165, 1.54) is 12.8 Å². The summed E-state index contributed by atoms with van der Waals surface area (Å²) < 4.78 is 1.78. The summed E-state index contributed by atoms with van der Waals surface area (Å²) in [7, 11) is 0. The van der Waals surface area contributed by atoms with Crippen LogP contribution in [0.3, 0.4) is 0 Å². The number of likely N-dealkylation sites (tertiary alicyclic amines) is 2. The Kier molecular flexibility index (Phi) is 5.14. The van der Waals surface area contributed by atoms with Gasteiger partial charge in [-0.1, -0.05) is 25.8 Å². The Morgan fingerprint density at radius 1 is 0.926 bits per heavy atom. The molecule has 4 rings (SSSR count). The van der Waals surface area contributed by atoms with Gasteiger partial charge in [0.2, 0.25) is 5.82 Å². The van der Waals surface area contributed by atoms with Gasteiger partial charge in [0.1, 0.15) is 0 Å². The highest BCUT2D eigenvalue weighted by atomic mass is 16.2. The fourth-order valence-corrected chi connectivity index (χ4v) is 4.12. The summed E-state index contributed by atoms with van der Waals surface area (Å²) in [4.78, 5) is 34.6. The molecule has 2 amide bonds. The number of carbonyl (C=O) groups excluding carboxylic acids is 2. The summed E-state index contributed by atoms with van der Waals surface area (Å²) in [6, 6.07) is 5.66. The van der Waals surface area contributed by atoms with Gasteiger partial charge in [-0.2, -0.15) is 0 Å². The normalized spacial score (nSPS) is 19.3. The van der Waals surface area contributed by atoms with Crippen LogP contribution in [0.4, 0.5) is 0 Å². The van der Waals surface area contributed by atoms with Gasteiger partial charge in [0.05, 0.1) is 5.52 Å². The van der Waals surface area contributed by atoms with Gasteiger partial charge < -0.3 is 9.80 Å². The van der Waals surface area contributed by atoms with Crippen LogP contribution in [0.2, 0.25) is 0 Å². The molecule has 144 valence electrons. The van der Waals surface area contributed by atoms with E-state index in [1.807, 2.05) is 34.2 Å². The van der Waals surface area contributed by atoms with Crippen LogP contribution in [0.1, 0.15) is 66.6 Å². The van der Waals surface area contributed by atoms with E-state index in [0.717, 1.165) is 57.4 Å². The molecule has 6 heteroatoms. The van der Waals surface area contributed by atoms with Gasteiger partial charge in [0, 0.05) is 32.4 Å². The maximum absolute atomic E-state index is 13.1. The van der Waals surface area contributed by atoms with Crippen LogP contribution in [0, 0.1) is 5.92 Å². The van der Waals surface area contributed by atoms with E-state index in [4.69, 9.17) is 0 Å². The maximum atomic E-state index is 13.1. The number of imidazole rings is 1. The van der Waals surface area contributed by atoms with Crippen LogP contribution < -0.4 is 0 Å². The number of amides is 2. The van der Waals surface area contributed by atoms with E-state index >= 15 is 0 Å². The molecule has 6 nitrogen and oxygen atoms in total. The zero-order valence-electron chi connectivity index (χ0n) is 16.1. The second-order valence-corrected chi connectivity index (χ2v) is 7.92. The number of fused-ring (bicyclic) bond motifs is 1. The molecule has 2 aliphatic heterocycles. The van der Waals surface area contributed by atoms with Crippen molar-refractivity contribution < 1.29 is 9.59 Å². The van der Waals surface area contributed by atoms with Crippen molar-refractivity contribution in [3.8, 4) is 0 Å². The number of nitrogens with zero attached hydrogens (tertiary/aromatic N) is 4. The van der Waals surface area contributed by atoms with Gasteiger partial charge in [-0.3, -0.25) is 14.0 Å². The first-order valence-electron chi connectivity index (χ1n) is 10.2. The van der Waals surface area contributed by atoms with Crippen molar-refractivity contribution in [1.82, 2.24) is 19.2 Å². The molecule has 0 radical (unpaired) electrons. The third-order valence-corrected chi connectivity index (χ3v) is 5.91. The maximum Gasteiger partial charge on any atom is 0.290 e. The van der Waals surface area contributed by atoms with E-state index < -0.39 is 0 Å². The number of aromatic nitrogens is 2. The molecular formula is C21H28N4O2. The summed E-state index contributed by atoms with van der Waals surface area (Å²) in [5.74, 6) is 0.902. The van der Waals surface area contributed by atoms with Gasteiger partial charge in [0.15, 0.2) is 5.69 Å². The smallest absolute Gasteiger partial charge is 0.290 e. The molecule has 2 aromatic heterocycles. The van der Waals surface area contributed by atoms with Gasteiger partial charge in [0.25, 0.3) is 11.8 Å². The molecule has 2 aromatic rings. The minimum absolute atomic E-state index is 0.0551. The van der Waals surface area contributed by atoms with Crippen molar-refractivity contribution in [2.45, 2.75) is 45.4 Å². The third kappa shape index (κ3) is 3.57. The summed E-state index contributed by atoms with van der Waals surface area (Å²) in [6.07, 6.45) is 8.29. The van der Waals surface area contributed by atoms with Crippen molar-refractivity contribution in [2.24, 2.45) is 5.92 Å². The lowest BCUT2D eigenvalue weighted by Gasteiger charge is -2.29. The number of piperidine rings is 1. The van der Waals surface area contributed by atoms with Gasteiger partial charge in [-0.05, 0) is 43.7 Å². The minimum atomic E-state index is -0.0654. The number of hydrogen-bond acceptors (Lipinski definition) is 3. The molecule has 0 unspecified atom stereocenters. The van der Waals surface area contributed by atoms with E-state index in [2.05, 4.69) is 11.9 Å². The first kappa shape index (κ1) is 18.0. The van der Waals surface area contributed by atoms with Crippen molar-refractivity contribution in [3.63, 3.8) is 0 Å². The number of pyridine rings is 1. The van der Waals surface area contributed by atoms with Gasteiger partial charge in [-0.15, -0.1) is 0 Å². The zero-order valence-corrected chi connectivity index (χ0v) is 16.1.